The van der Waals surface area contributed by atoms with Crippen molar-refractivity contribution in [2.45, 2.75) is 19.6 Å². The van der Waals surface area contributed by atoms with Crippen LogP contribution in [0.15, 0.2) is 34.9 Å². The Morgan fingerprint density at radius 2 is 2.00 bits per heavy atom. The fraction of sp³-hybridized carbons (Fsp3) is 0.312. The van der Waals surface area contributed by atoms with Crippen molar-refractivity contribution in [1.82, 2.24) is 0 Å². The van der Waals surface area contributed by atoms with Crippen LogP contribution in [0.25, 0.3) is 0 Å². The maximum atomic E-state index is 12.3. The number of carbonyl (C=O) groups is 1. The molecule has 2 rings (SSSR count). The van der Waals surface area contributed by atoms with Crippen LogP contribution in [0.5, 0.6) is 5.75 Å². The molecule has 1 aromatic heterocycles. The van der Waals surface area contributed by atoms with E-state index in [-0.39, 0.29) is 5.78 Å². The molecule has 1 heterocycles. The van der Waals surface area contributed by atoms with Gasteiger partial charge in [-0.05, 0) is 49.2 Å². The van der Waals surface area contributed by atoms with E-state index in [1.807, 2.05) is 38.1 Å². The van der Waals surface area contributed by atoms with Gasteiger partial charge in [0.2, 0.25) is 0 Å². The Morgan fingerprint density at radius 3 is 2.55 bits per heavy atom. The molecule has 0 fully saturated rings. The SMILES string of the molecule is COc1cc(C)c(C(=O)CSCc2ccco2)c(C)c1. The van der Waals surface area contributed by atoms with Gasteiger partial charge in [-0.3, -0.25) is 4.79 Å². The van der Waals surface area contributed by atoms with E-state index < -0.39 is 0 Å². The van der Waals surface area contributed by atoms with E-state index in [1.54, 1.807) is 25.1 Å². The summed E-state index contributed by atoms with van der Waals surface area (Å²) in [6.45, 7) is 3.89. The summed E-state index contributed by atoms with van der Waals surface area (Å²) in [4.78, 5) is 12.3. The molecule has 0 unspecified atom stereocenters. The lowest BCUT2D eigenvalue weighted by molar-refractivity contribution is 0.102. The average molecular weight is 290 g/mol. The lowest BCUT2D eigenvalue weighted by Gasteiger charge is -2.11. The molecule has 0 aliphatic carbocycles. The predicted molar refractivity (Wildman–Crippen MR) is 81.7 cm³/mol. The van der Waals surface area contributed by atoms with Crippen molar-refractivity contribution in [1.29, 1.82) is 0 Å². The predicted octanol–water partition coefficient (Wildman–Crippen LogP) is 4.02. The fourth-order valence-corrected chi connectivity index (χ4v) is 2.99. The molecule has 106 valence electrons. The first kappa shape index (κ1) is 14.7. The molecule has 0 amide bonds. The second-order valence-corrected chi connectivity index (χ2v) is 5.62. The van der Waals surface area contributed by atoms with E-state index in [2.05, 4.69) is 0 Å². The summed E-state index contributed by atoms with van der Waals surface area (Å²) in [5.74, 6) is 3.01. The second-order valence-electron chi connectivity index (χ2n) is 4.63. The van der Waals surface area contributed by atoms with Gasteiger partial charge in [-0.25, -0.2) is 0 Å². The highest BCUT2D eigenvalue weighted by molar-refractivity contribution is 7.99. The van der Waals surface area contributed by atoms with Crippen LogP contribution in [0.1, 0.15) is 27.2 Å². The number of ketones is 1. The third-order valence-corrected chi connectivity index (χ3v) is 4.03. The largest absolute Gasteiger partial charge is 0.497 e. The number of benzene rings is 1. The molecule has 20 heavy (non-hydrogen) atoms. The normalized spacial score (nSPS) is 10.6. The first-order valence-electron chi connectivity index (χ1n) is 6.40. The lowest BCUT2D eigenvalue weighted by atomic mass is 9.99. The van der Waals surface area contributed by atoms with Gasteiger partial charge in [0.15, 0.2) is 5.78 Å². The van der Waals surface area contributed by atoms with Crippen molar-refractivity contribution < 1.29 is 13.9 Å². The van der Waals surface area contributed by atoms with E-state index in [1.165, 1.54) is 0 Å². The molecule has 0 saturated carbocycles. The van der Waals surface area contributed by atoms with Gasteiger partial charge >= 0.3 is 0 Å². The van der Waals surface area contributed by atoms with E-state index in [0.717, 1.165) is 28.2 Å². The Hall–Kier alpha value is -1.68. The highest BCUT2D eigenvalue weighted by Crippen LogP contribution is 2.23. The minimum absolute atomic E-state index is 0.152. The Kier molecular flexibility index (Phi) is 4.90. The van der Waals surface area contributed by atoms with Gasteiger partial charge in [-0.1, -0.05) is 0 Å². The second kappa shape index (κ2) is 6.66. The molecule has 2 aromatic rings. The zero-order valence-electron chi connectivity index (χ0n) is 11.9. The summed E-state index contributed by atoms with van der Waals surface area (Å²) in [5.41, 5.74) is 2.73. The van der Waals surface area contributed by atoms with Crippen molar-refractivity contribution in [3.05, 3.63) is 53.0 Å². The van der Waals surface area contributed by atoms with Gasteiger partial charge in [-0.2, -0.15) is 0 Å². The molecular formula is C16H18O3S. The number of Topliss-reactive ketones (excluding diaryl/α,β-unsaturated/α-hetero) is 1. The molecular weight excluding hydrogens is 272 g/mol. The first-order chi connectivity index (χ1) is 9.61. The Labute approximate surface area is 123 Å². The number of methoxy groups -OCH3 is 1. The van der Waals surface area contributed by atoms with Gasteiger partial charge in [0.05, 0.1) is 24.9 Å². The van der Waals surface area contributed by atoms with Gasteiger partial charge in [-0.15, -0.1) is 11.8 Å². The standard InChI is InChI=1S/C16H18O3S/c1-11-7-14(18-3)8-12(2)16(11)15(17)10-20-9-13-5-4-6-19-13/h4-8H,9-10H2,1-3H3. The number of ether oxygens (including phenoxy) is 1. The summed E-state index contributed by atoms with van der Waals surface area (Å²) in [7, 11) is 1.63. The Morgan fingerprint density at radius 1 is 1.30 bits per heavy atom. The number of carbonyl (C=O) groups excluding carboxylic acids is 1. The highest BCUT2D eigenvalue weighted by Gasteiger charge is 2.14. The maximum Gasteiger partial charge on any atom is 0.173 e. The van der Waals surface area contributed by atoms with Crippen molar-refractivity contribution in [2.24, 2.45) is 0 Å². The summed E-state index contributed by atoms with van der Waals surface area (Å²) in [6.07, 6.45) is 1.65. The summed E-state index contributed by atoms with van der Waals surface area (Å²) in [6, 6.07) is 7.58. The molecule has 0 radical (unpaired) electrons. The van der Waals surface area contributed by atoms with E-state index in [0.29, 0.717) is 11.5 Å². The maximum absolute atomic E-state index is 12.3. The lowest BCUT2D eigenvalue weighted by Crippen LogP contribution is -2.08. The number of rotatable bonds is 6. The summed E-state index contributed by atoms with van der Waals surface area (Å²) < 4.78 is 10.5. The number of furan rings is 1. The van der Waals surface area contributed by atoms with Crippen molar-refractivity contribution in [3.63, 3.8) is 0 Å². The highest BCUT2D eigenvalue weighted by atomic mass is 32.2. The fourth-order valence-electron chi connectivity index (χ4n) is 2.19. The quantitative estimate of drug-likeness (QED) is 0.753. The smallest absolute Gasteiger partial charge is 0.173 e. The molecule has 1 aromatic carbocycles. The van der Waals surface area contributed by atoms with Gasteiger partial charge in [0.1, 0.15) is 11.5 Å². The molecule has 3 nitrogen and oxygen atoms in total. The van der Waals surface area contributed by atoms with E-state index in [9.17, 15) is 4.79 Å². The molecule has 0 bridgehead atoms. The molecule has 0 aliphatic heterocycles. The van der Waals surface area contributed by atoms with Crippen LogP contribution in [-0.2, 0) is 5.75 Å². The van der Waals surface area contributed by atoms with Crippen LogP contribution in [0, 0.1) is 13.8 Å². The van der Waals surface area contributed by atoms with Gasteiger partial charge in [0.25, 0.3) is 0 Å². The van der Waals surface area contributed by atoms with Gasteiger partial charge in [0, 0.05) is 5.56 Å². The molecule has 0 saturated heterocycles. The molecule has 0 aliphatic rings. The molecule has 0 atom stereocenters. The Balaban J connectivity index is 2.02. The molecule has 4 heteroatoms. The molecule has 0 spiro atoms. The minimum atomic E-state index is 0.152. The van der Waals surface area contributed by atoms with Crippen LogP contribution >= 0.6 is 11.8 Å². The number of hydrogen-bond acceptors (Lipinski definition) is 4. The van der Waals surface area contributed by atoms with Gasteiger partial charge < -0.3 is 9.15 Å². The van der Waals surface area contributed by atoms with Crippen molar-refractivity contribution in [3.8, 4) is 5.75 Å². The summed E-state index contributed by atoms with van der Waals surface area (Å²) >= 11 is 1.57. The van der Waals surface area contributed by atoms with Crippen LogP contribution < -0.4 is 4.74 Å². The van der Waals surface area contributed by atoms with Crippen LogP contribution in [0.4, 0.5) is 0 Å². The zero-order valence-corrected chi connectivity index (χ0v) is 12.8. The Bertz CT molecular complexity index is 565. The summed E-state index contributed by atoms with van der Waals surface area (Å²) in [5, 5.41) is 0. The number of hydrogen-bond donors (Lipinski definition) is 0. The van der Waals surface area contributed by atoms with E-state index >= 15 is 0 Å². The topological polar surface area (TPSA) is 39.4 Å². The molecule has 0 N–H and O–H groups in total. The van der Waals surface area contributed by atoms with Crippen LogP contribution in [-0.4, -0.2) is 18.6 Å². The third kappa shape index (κ3) is 3.45. The number of aryl methyl sites for hydroxylation is 2. The van der Waals surface area contributed by atoms with Crippen LogP contribution in [0.2, 0.25) is 0 Å². The van der Waals surface area contributed by atoms with Crippen LogP contribution in [0.3, 0.4) is 0 Å². The van der Waals surface area contributed by atoms with Crippen molar-refractivity contribution >= 4 is 17.5 Å². The zero-order chi connectivity index (χ0) is 14.5. The third-order valence-electron chi connectivity index (χ3n) is 3.08. The monoisotopic (exact) mass is 290 g/mol. The number of thioether (sulfide) groups is 1. The first-order valence-corrected chi connectivity index (χ1v) is 7.56. The minimum Gasteiger partial charge on any atom is -0.497 e. The van der Waals surface area contributed by atoms with E-state index in [4.69, 9.17) is 9.15 Å². The average Bonchev–Trinajstić information content (AvgIpc) is 2.91. The van der Waals surface area contributed by atoms with Crippen molar-refractivity contribution in [2.75, 3.05) is 12.9 Å².